The van der Waals surface area contributed by atoms with Gasteiger partial charge in [0.15, 0.2) is 0 Å². The Kier molecular flexibility index (Phi) is 9.90. The first-order chi connectivity index (χ1) is 22.0. The number of carbonyl (C=O) groups is 1. The van der Waals surface area contributed by atoms with Gasteiger partial charge < -0.3 is 10.2 Å². The molecular formula is C42H64N2O3. The zero-order valence-corrected chi connectivity index (χ0v) is 31.3. The highest BCUT2D eigenvalue weighted by Crippen LogP contribution is 2.77. The number of hydrogen-bond donors (Lipinski definition) is 1. The summed E-state index contributed by atoms with van der Waals surface area (Å²) in [4.78, 5) is 32.7. The number of benzene rings is 1. The molecule has 260 valence electrons. The molecule has 0 radical (unpaired) electrons. The molecule has 0 unspecified atom stereocenters. The number of amides is 1. The van der Waals surface area contributed by atoms with Crippen LogP contribution in [0.15, 0.2) is 30.3 Å². The maximum absolute atomic E-state index is 14.2. The number of nitrogens with zero attached hydrogens (tertiary/aromatic N) is 1. The molecule has 1 aromatic rings. The van der Waals surface area contributed by atoms with Gasteiger partial charge in [0.25, 0.3) is 0 Å². The molecule has 4 fully saturated rings. The molecule has 0 aliphatic heterocycles. The minimum atomic E-state index is -0.158. The van der Waals surface area contributed by atoms with Gasteiger partial charge in [-0.25, -0.2) is 0 Å². The van der Waals surface area contributed by atoms with Gasteiger partial charge in [-0.2, -0.15) is 9.59 Å². The third-order valence-corrected chi connectivity index (χ3v) is 15.6. The molecule has 0 bridgehead atoms. The quantitative estimate of drug-likeness (QED) is 0.336. The van der Waals surface area contributed by atoms with E-state index in [1.54, 1.807) is 5.57 Å². The van der Waals surface area contributed by atoms with Crippen LogP contribution in [0.4, 0.5) is 0 Å². The lowest BCUT2D eigenvalue weighted by Crippen LogP contribution is -2.66. The number of hydrogen-bond acceptors (Lipinski definition) is 4. The van der Waals surface area contributed by atoms with Crippen molar-refractivity contribution in [1.82, 2.24) is 10.2 Å². The number of likely N-dealkylation sites (N-methyl/N-ethyl adjacent to an activating group) is 1. The Balaban J connectivity index is 0.00000139. The number of carbonyl (C=O) groups excluding carboxylic acids is 3. The number of aryl methyl sites for hydroxylation is 1. The summed E-state index contributed by atoms with van der Waals surface area (Å²) in [5.41, 5.74) is 5.31. The first kappa shape index (κ1) is 36.1. The van der Waals surface area contributed by atoms with E-state index in [1.165, 1.54) is 56.1 Å². The van der Waals surface area contributed by atoms with Crippen molar-refractivity contribution in [3.63, 3.8) is 0 Å². The second-order valence-electron chi connectivity index (χ2n) is 18.3. The Labute approximate surface area is 286 Å². The van der Waals surface area contributed by atoms with Crippen molar-refractivity contribution in [2.24, 2.45) is 62.6 Å². The Hall–Kier alpha value is -2.23. The van der Waals surface area contributed by atoms with Crippen LogP contribution in [0, 0.1) is 69.5 Å². The highest BCUT2D eigenvalue weighted by Gasteiger charge is 2.71. The van der Waals surface area contributed by atoms with Gasteiger partial charge in [-0.05, 0) is 147 Å². The topological polar surface area (TPSA) is 66.5 Å². The summed E-state index contributed by atoms with van der Waals surface area (Å²) in [5.74, 6) is 4.32. The first-order valence-electron chi connectivity index (χ1n) is 18.7. The standard InChI is InChI=1S/C41H64N2O.CO2/c1-27(2)30-17-22-41(36(44)42-25-26-43(9)10)24-23-39(7)32(35(30)41)15-16-34-38(6)20-18-31(29-13-11-28(3)12-14-29)37(4,5)33(38)19-21-40(34,39)8;2-1-3/h11-14,18,27,30,32-35H,15-17,19-26H2,1-10H3,(H,42,44);/t30-,32+,33-,34+,35+,38-,39+,40+,41-;/m0./s1. The van der Waals surface area contributed by atoms with Crippen molar-refractivity contribution >= 4 is 17.6 Å². The molecular weight excluding hydrogens is 580 g/mol. The average molecular weight is 645 g/mol. The van der Waals surface area contributed by atoms with E-state index in [1.807, 2.05) is 0 Å². The molecule has 0 spiro atoms. The van der Waals surface area contributed by atoms with E-state index in [9.17, 15) is 4.79 Å². The van der Waals surface area contributed by atoms with Crippen molar-refractivity contribution in [2.45, 2.75) is 113 Å². The van der Waals surface area contributed by atoms with E-state index < -0.39 is 0 Å². The van der Waals surface area contributed by atoms with Gasteiger partial charge in [0, 0.05) is 13.1 Å². The van der Waals surface area contributed by atoms with Gasteiger partial charge in [-0.1, -0.05) is 84.4 Å². The lowest BCUT2D eigenvalue weighted by molar-refractivity contribution is -0.227. The maximum atomic E-state index is 14.2. The highest BCUT2D eigenvalue weighted by molar-refractivity contribution is 5.83. The normalized spacial score (nSPS) is 40.1. The van der Waals surface area contributed by atoms with E-state index >= 15 is 0 Å². The lowest BCUT2D eigenvalue weighted by atomic mass is 9.32. The first-order valence-corrected chi connectivity index (χ1v) is 18.7. The fourth-order valence-corrected chi connectivity index (χ4v) is 13.2. The SMILES string of the molecule is Cc1ccc(C2=CC[C@]3(C)[C@H]4CC[C@@H]5[C@H]6[C@H](C(C)C)CC[C@]6(C(=O)NCCN(C)C)CC[C@@]5(C)[C@]4(C)CC[C@H]3C2(C)C)cc1.O=C=O. The minimum absolute atomic E-state index is 0.158. The van der Waals surface area contributed by atoms with Crippen molar-refractivity contribution < 1.29 is 14.4 Å². The maximum Gasteiger partial charge on any atom is 0.373 e. The Morgan fingerprint density at radius 1 is 0.894 bits per heavy atom. The summed E-state index contributed by atoms with van der Waals surface area (Å²) in [7, 11) is 4.20. The van der Waals surface area contributed by atoms with Gasteiger partial charge >= 0.3 is 6.15 Å². The number of allylic oxidation sites excluding steroid dienone is 2. The molecule has 1 N–H and O–H groups in total. The largest absolute Gasteiger partial charge is 0.373 e. The van der Waals surface area contributed by atoms with E-state index in [0.717, 1.165) is 31.8 Å². The van der Waals surface area contributed by atoms with Crippen molar-refractivity contribution in [1.29, 1.82) is 0 Å². The summed E-state index contributed by atoms with van der Waals surface area (Å²) >= 11 is 0. The van der Waals surface area contributed by atoms with Crippen molar-refractivity contribution in [3.8, 4) is 0 Å². The van der Waals surface area contributed by atoms with Crippen molar-refractivity contribution in [2.75, 3.05) is 27.2 Å². The molecule has 5 aliphatic rings. The third-order valence-electron chi connectivity index (χ3n) is 15.6. The second kappa shape index (κ2) is 12.9. The van der Waals surface area contributed by atoms with E-state index in [2.05, 4.69) is 110 Å². The van der Waals surface area contributed by atoms with E-state index in [0.29, 0.717) is 51.7 Å². The van der Waals surface area contributed by atoms with E-state index in [-0.39, 0.29) is 17.0 Å². The Bertz CT molecular complexity index is 1370. The van der Waals surface area contributed by atoms with Crippen LogP contribution in [0.1, 0.15) is 117 Å². The third kappa shape index (κ3) is 5.60. The fraction of sp³-hybridized carbons (Fsp3) is 0.762. The van der Waals surface area contributed by atoms with Gasteiger partial charge in [0.2, 0.25) is 5.91 Å². The molecule has 5 aliphatic carbocycles. The average Bonchev–Trinajstić information content (AvgIpc) is 3.40. The van der Waals surface area contributed by atoms with Crippen LogP contribution in [0.2, 0.25) is 0 Å². The van der Waals surface area contributed by atoms with Gasteiger partial charge in [-0.3, -0.25) is 4.79 Å². The molecule has 0 aromatic heterocycles. The predicted octanol–water partition coefficient (Wildman–Crippen LogP) is 8.82. The zero-order chi connectivity index (χ0) is 34.6. The van der Waals surface area contributed by atoms with Crippen molar-refractivity contribution in [3.05, 3.63) is 41.5 Å². The molecule has 4 saturated carbocycles. The van der Waals surface area contributed by atoms with Gasteiger partial charge in [0.05, 0.1) is 5.41 Å². The second-order valence-corrected chi connectivity index (χ2v) is 18.3. The van der Waals surface area contributed by atoms with Crippen LogP contribution in [-0.2, 0) is 14.4 Å². The molecule has 1 aromatic carbocycles. The number of nitrogens with one attached hydrogen (secondary N) is 1. The molecule has 9 atom stereocenters. The van der Waals surface area contributed by atoms with Crippen LogP contribution in [-0.4, -0.2) is 44.1 Å². The van der Waals surface area contributed by atoms with Gasteiger partial charge in [0.1, 0.15) is 0 Å². The summed E-state index contributed by atoms with van der Waals surface area (Å²) in [5, 5.41) is 3.47. The van der Waals surface area contributed by atoms with Gasteiger partial charge in [-0.15, -0.1) is 0 Å². The molecule has 5 heteroatoms. The molecule has 5 nitrogen and oxygen atoms in total. The van der Waals surface area contributed by atoms with E-state index in [4.69, 9.17) is 9.59 Å². The molecule has 47 heavy (non-hydrogen) atoms. The highest BCUT2D eigenvalue weighted by atomic mass is 16.2. The van der Waals surface area contributed by atoms with Crippen LogP contribution < -0.4 is 5.32 Å². The summed E-state index contributed by atoms with van der Waals surface area (Å²) < 4.78 is 0. The lowest BCUT2D eigenvalue weighted by Gasteiger charge is -2.72. The monoisotopic (exact) mass is 644 g/mol. The fourth-order valence-electron chi connectivity index (χ4n) is 13.2. The number of fused-ring (bicyclic) bond motifs is 7. The molecule has 0 heterocycles. The number of rotatable bonds is 6. The molecule has 1 amide bonds. The van der Waals surface area contributed by atoms with Crippen LogP contribution >= 0.6 is 0 Å². The van der Waals surface area contributed by atoms with Crippen LogP contribution in [0.5, 0.6) is 0 Å². The Morgan fingerprint density at radius 2 is 1.55 bits per heavy atom. The Morgan fingerprint density at radius 3 is 2.17 bits per heavy atom. The summed E-state index contributed by atoms with van der Waals surface area (Å²) in [6.07, 6.45) is 14.1. The molecule has 6 rings (SSSR count). The minimum Gasteiger partial charge on any atom is -0.354 e. The zero-order valence-electron chi connectivity index (χ0n) is 31.3. The molecule has 0 saturated heterocycles. The smallest absolute Gasteiger partial charge is 0.354 e. The van der Waals surface area contributed by atoms with Crippen LogP contribution in [0.25, 0.3) is 5.57 Å². The summed E-state index contributed by atoms with van der Waals surface area (Å²) in [6.45, 7) is 22.0. The summed E-state index contributed by atoms with van der Waals surface area (Å²) in [6, 6.07) is 9.31. The van der Waals surface area contributed by atoms with Crippen LogP contribution in [0.3, 0.4) is 0 Å². The predicted molar refractivity (Wildman–Crippen MR) is 190 cm³/mol.